The van der Waals surface area contributed by atoms with Gasteiger partial charge in [-0.15, -0.1) is 0 Å². The molecule has 1 unspecified atom stereocenters. The molecule has 1 amide bonds. The molecule has 4 heteroatoms. The van der Waals surface area contributed by atoms with Crippen molar-refractivity contribution in [3.63, 3.8) is 0 Å². The zero-order valence-electron chi connectivity index (χ0n) is 11.3. The lowest BCUT2D eigenvalue weighted by atomic mass is 10.1. The minimum Gasteiger partial charge on any atom is -0.360 e. The lowest BCUT2D eigenvalue weighted by molar-refractivity contribution is -0.122. The van der Waals surface area contributed by atoms with E-state index in [0.29, 0.717) is 0 Å². The Bertz CT molecular complexity index is 577. The number of hydrazine groups is 1. The van der Waals surface area contributed by atoms with Crippen molar-refractivity contribution in [3.05, 3.63) is 42.5 Å². The van der Waals surface area contributed by atoms with Gasteiger partial charge in [0.25, 0.3) is 5.91 Å². The zero-order chi connectivity index (χ0) is 13.8. The highest BCUT2D eigenvalue weighted by atomic mass is 16.2. The maximum atomic E-state index is 11.7. The molecule has 3 N–H and O–H groups in total. The van der Waals surface area contributed by atoms with Crippen molar-refractivity contribution in [2.45, 2.75) is 19.9 Å². The van der Waals surface area contributed by atoms with Crippen LogP contribution in [0.25, 0.3) is 10.8 Å². The van der Waals surface area contributed by atoms with Gasteiger partial charge in [-0.05, 0) is 25.3 Å². The van der Waals surface area contributed by atoms with Crippen LogP contribution in [0.15, 0.2) is 42.5 Å². The van der Waals surface area contributed by atoms with Crippen LogP contribution >= 0.6 is 0 Å². The second-order valence-corrected chi connectivity index (χ2v) is 4.47. The number of rotatable bonds is 4. The fourth-order valence-corrected chi connectivity index (χ4v) is 2.37. The summed E-state index contributed by atoms with van der Waals surface area (Å²) in [6, 6.07) is 14.0. The molecule has 100 valence electrons. The van der Waals surface area contributed by atoms with Crippen molar-refractivity contribution >= 4 is 22.4 Å². The Labute approximate surface area is 113 Å². The molecule has 0 aliphatic carbocycles. The van der Waals surface area contributed by atoms with E-state index >= 15 is 0 Å². The van der Waals surface area contributed by atoms with E-state index in [9.17, 15) is 4.79 Å². The molecule has 0 fully saturated rings. The predicted octanol–water partition coefficient (Wildman–Crippen LogP) is 2.04. The van der Waals surface area contributed by atoms with Gasteiger partial charge in [-0.1, -0.05) is 36.4 Å². The Hall–Kier alpha value is -2.07. The molecule has 0 heterocycles. The van der Waals surface area contributed by atoms with Crippen LogP contribution in [0.5, 0.6) is 0 Å². The molecule has 1 atom stereocenters. The second-order valence-electron chi connectivity index (χ2n) is 4.47. The molecule has 2 aromatic carbocycles. The normalized spacial score (nSPS) is 12.2. The van der Waals surface area contributed by atoms with E-state index in [-0.39, 0.29) is 11.9 Å². The third kappa shape index (κ3) is 2.53. The number of fused-ring (bicyclic) bond motifs is 1. The Kier molecular flexibility index (Phi) is 4.02. The largest absolute Gasteiger partial charge is 0.360 e. The Morgan fingerprint density at radius 1 is 1.26 bits per heavy atom. The quantitative estimate of drug-likeness (QED) is 0.500. The van der Waals surface area contributed by atoms with Gasteiger partial charge in [0.2, 0.25) is 0 Å². The lowest BCUT2D eigenvalue weighted by Crippen LogP contribution is -2.47. The second kappa shape index (κ2) is 5.71. The van der Waals surface area contributed by atoms with Crippen molar-refractivity contribution in [2.75, 3.05) is 11.4 Å². The molecule has 0 saturated heterocycles. The molecule has 2 rings (SSSR count). The smallest absolute Gasteiger partial charge is 0.256 e. The molecule has 0 aromatic heterocycles. The van der Waals surface area contributed by atoms with Crippen LogP contribution in [0, 0.1) is 0 Å². The third-order valence-electron chi connectivity index (χ3n) is 3.41. The van der Waals surface area contributed by atoms with E-state index in [1.54, 1.807) is 0 Å². The standard InChI is InChI=1S/C15H19N3O/c1-3-18(11(2)15(19)17-16)14-10-6-8-12-7-4-5-9-13(12)14/h4-11H,3,16H2,1-2H3,(H,17,19). The number of nitrogens with two attached hydrogens (primary N) is 1. The Morgan fingerprint density at radius 2 is 1.95 bits per heavy atom. The van der Waals surface area contributed by atoms with Crippen LogP contribution in [-0.4, -0.2) is 18.5 Å². The van der Waals surface area contributed by atoms with Gasteiger partial charge in [0.05, 0.1) is 0 Å². The van der Waals surface area contributed by atoms with Gasteiger partial charge in [0.1, 0.15) is 6.04 Å². The summed E-state index contributed by atoms with van der Waals surface area (Å²) in [5.74, 6) is 5.04. The number of hydrogen-bond donors (Lipinski definition) is 2. The van der Waals surface area contributed by atoms with Crippen molar-refractivity contribution < 1.29 is 4.79 Å². The molecule has 0 bridgehead atoms. The topological polar surface area (TPSA) is 58.4 Å². The van der Waals surface area contributed by atoms with Crippen LogP contribution in [0.1, 0.15) is 13.8 Å². The summed E-state index contributed by atoms with van der Waals surface area (Å²) < 4.78 is 0. The molecule has 0 saturated carbocycles. The summed E-state index contributed by atoms with van der Waals surface area (Å²) in [4.78, 5) is 13.8. The Balaban J connectivity index is 2.49. The number of carbonyl (C=O) groups excluding carboxylic acids is 1. The third-order valence-corrected chi connectivity index (χ3v) is 3.41. The first-order valence-electron chi connectivity index (χ1n) is 6.44. The van der Waals surface area contributed by atoms with Crippen LogP contribution in [-0.2, 0) is 4.79 Å². The van der Waals surface area contributed by atoms with E-state index in [4.69, 9.17) is 5.84 Å². The maximum Gasteiger partial charge on any atom is 0.256 e. The van der Waals surface area contributed by atoms with Gasteiger partial charge in [0.15, 0.2) is 0 Å². The van der Waals surface area contributed by atoms with Gasteiger partial charge < -0.3 is 4.90 Å². The number of anilines is 1. The van der Waals surface area contributed by atoms with Crippen LogP contribution in [0.2, 0.25) is 0 Å². The first-order valence-corrected chi connectivity index (χ1v) is 6.44. The van der Waals surface area contributed by atoms with Gasteiger partial charge in [-0.25, -0.2) is 5.84 Å². The number of benzene rings is 2. The minimum atomic E-state index is -0.305. The molecule has 0 aliphatic heterocycles. The SMILES string of the molecule is CCN(c1cccc2ccccc12)C(C)C(=O)NN. The highest BCUT2D eigenvalue weighted by molar-refractivity contribution is 5.96. The molecule has 2 aromatic rings. The minimum absolute atomic E-state index is 0.185. The van der Waals surface area contributed by atoms with Crippen molar-refractivity contribution in [1.29, 1.82) is 0 Å². The molecule has 4 nitrogen and oxygen atoms in total. The van der Waals surface area contributed by atoms with E-state index < -0.39 is 0 Å². The number of nitrogens with zero attached hydrogens (tertiary/aromatic N) is 1. The fraction of sp³-hybridized carbons (Fsp3) is 0.267. The molecule has 0 aliphatic rings. The number of amides is 1. The van der Waals surface area contributed by atoms with Gasteiger partial charge >= 0.3 is 0 Å². The summed E-state index contributed by atoms with van der Waals surface area (Å²) in [7, 11) is 0. The average Bonchev–Trinajstić information content (AvgIpc) is 2.47. The first kappa shape index (κ1) is 13.4. The van der Waals surface area contributed by atoms with E-state index in [1.807, 2.05) is 43.0 Å². The highest BCUT2D eigenvalue weighted by Gasteiger charge is 2.20. The monoisotopic (exact) mass is 257 g/mol. The molecular weight excluding hydrogens is 238 g/mol. The number of hydrogen-bond acceptors (Lipinski definition) is 3. The van der Waals surface area contributed by atoms with Crippen molar-refractivity contribution in [2.24, 2.45) is 5.84 Å². The molecule has 0 spiro atoms. The molecule has 0 radical (unpaired) electrons. The summed E-state index contributed by atoms with van der Waals surface area (Å²) in [5.41, 5.74) is 3.27. The first-order chi connectivity index (χ1) is 9.19. The van der Waals surface area contributed by atoms with Crippen molar-refractivity contribution in [1.82, 2.24) is 5.43 Å². The van der Waals surface area contributed by atoms with E-state index in [1.165, 1.54) is 5.39 Å². The van der Waals surface area contributed by atoms with E-state index in [2.05, 4.69) is 23.6 Å². The maximum absolute atomic E-state index is 11.7. The van der Waals surface area contributed by atoms with Crippen LogP contribution in [0.3, 0.4) is 0 Å². The zero-order valence-corrected chi connectivity index (χ0v) is 11.3. The van der Waals surface area contributed by atoms with Crippen LogP contribution in [0.4, 0.5) is 5.69 Å². The summed E-state index contributed by atoms with van der Waals surface area (Å²) >= 11 is 0. The predicted molar refractivity (Wildman–Crippen MR) is 78.8 cm³/mol. The summed E-state index contributed by atoms with van der Waals surface area (Å²) in [6.07, 6.45) is 0. The van der Waals surface area contributed by atoms with Gasteiger partial charge in [0, 0.05) is 17.6 Å². The number of nitrogens with one attached hydrogen (secondary N) is 1. The summed E-state index contributed by atoms with van der Waals surface area (Å²) in [5, 5.41) is 2.31. The van der Waals surface area contributed by atoms with Gasteiger partial charge in [-0.2, -0.15) is 0 Å². The number of carbonyl (C=O) groups is 1. The molecular formula is C15H19N3O. The van der Waals surface area contributed by atoms with Gasteiger partial charge in [-0.3, -0.25) is 10.2 Å². The number of likely N-dealkylation sites (N-methyl/N-ethyl adjacent to an activating group) is 1. The van der Waals surface area contributed by atoms with E-state index in [0.717, 1.165) is 17.6 Å². The Morgan fingerprint density at radius 3 is 2.63 bits per heavy atom. The highest BCUT2D eigenvalue weighted by Crippen LogP contribution is 2.27. The van der Waals surface area contributed by atoms with Crippen LogP contribution < -0.4 is 16.2 Å². The summed E-state index contributed by atoms with van der Waals surface area (Å²) in [6.45, 7) is 4.62. The molecule has 19 heavy (non-hydrogen) atoms. The fourth-order valence-electron chi connectivity index (χ4n) is 2.37. The lowest BCUT2D eigenvalue weighted by Gasteiger charge is -2.29. The van der Waals surface area contributed by atoms with Crippen molar-refractivity contribution in [3.8, 4) is 0 Å². The average molecular weight is 257 g/mol.